The molecule has 1 heterocycles. The van der Waals surface area contributed by atoms with Crippen molar-refractivity contribution in [3.63, 3.8) is 0 Å². The molecule has 0 saturated carbocycles. The lowest BCUT2D eigenvalue weighted by molar-refractivity contribution is 0.0793. The van der Waals surface area contributed by atoms with Crippen molar-refractivity contribution >= 4 is 17.3 Å². The number of ether oxygens (including phenoxy) is 3. The lowest BCUT2D eigenvalue weighted by Gasteiger charge is -2.17. The third kappa shape index (κ3) is 5.03. The van der Waals surface area contributed by atoms with Crippen molar-refractivity contribution in [3.8, 4) is 17.2 Å². The van der Waals surface area contributed by atoms with Crippen LogP contribution in [0.4, 0.5) is 11.4 Å². The second-order valence-electron chi connectivity index (χ2n) is 6.08. The average Bonchev–Trinajstić information content (AvgIpc) is 2.70. The van der Waals surface area contributed by atoms with Crippen molar-refractivity contribution in [1.82, 2.24) is 9.88 Å². The minimum Gasteiger partial charge on any atom is -0.493 e. The summed E-state index contributed by atoms with van der Waals surface area (Å²) in [6.07, 6.45) is 5.24. The van der Waals surface area contributed by atoms with Gasteiger partial charge in [0, 0.05) is 37.6 Å². The zero-order valence-electron chi connectivity index (χ0n) is 16.5. The number of methoxy groups -OCH3 is 3. The van der Waals surface area contributed by atoms with Gasteiger partial charge in [-0.15, -0.1) is 0 Å². The molecule has 0 aliphatic heterocycles. The van der Waals surface area contributed by atoms with Crippen molar-refractivity contribution in [2.75, 3.05) is 40.2 Å². The number of rotatable bonds is 9. The third-order valence-corrected chi connectivity index (χ3v) is 4.13. The van der Waals surface area contributed by atoms with Crippen molar-refractivity contribution in [2.45, 2.75) is 19.8 Å². The Morgan fingerprint density at radius 1 is 1.04 bits per heavy atom. The van der Waals surface area contributed by atoms with Crippen molar-refractivity contribution in [1.29, 1.82) is 0 Å². The molecule has 7 heteroatoms. The second kappa shape index (κ2) is 9.66. The van der Waals surface area contributed by atoms with Crippen LogP contribution < -0.4 is 19.5 Å². The van der Waals surface area contributed by atoms with Crippen LogP contribution in [0.2, 0.25) is 0 Å². The van der Waals surface area contributed by atoms with Crippen LogP contribution in [0.15, 0.2) is 30.6 Å². The van der Waals surface area contributed by atoms with Gasteiger partial charge in [-0.25, -0.2) is 0 Å². The summed E-state index contributed by atoms with van der Waals surface area (Å²) in [6.45, 7) is 2.82. The van der Waals surface area contributed by atoms with E-state index in [1.54, 1.807) is 63.9 Å². The zero-order valence-corrected chi connectivity index (χ0v) is 16.5. The molecule has 0 saturated heterocycles. The van der Waals surface area contributed by atoms with Gasteiger partial charge in [-0.1, -0.05) is 13.3 Å². The minimum absolute atomic E-state index is 0.0514. The van der Waals surface area contributed by atoms with Crippen molar-refractivity contribution in [3.05, 3.63) is 36.2 Å². The molecule has 27 heavy (non-hydrogen) atoms. The number of nitrogens with zero attached hydrogens (tertiary/aromatic N) is 2. The molecule has 1 aromatic carbocycles. The molecular formula is C20H27N3O4. The Labute approximate surface area is 160 Å². The van der Waals surface area contributed by atoms with E-state index in [9.17, 15) is 4.79 Å². The molecule has 146 valence electrons. The molecule has 0 atom stereocenters. The first-order valence-electron chi connectivity index (χ1n) is 8.81. The van der Waals surface area contributed by atoms with Gasteiger partial charge >= 0.3 is 0 Å². The number of hydrogen-bond donors (Lipinski definition) is 1. The molecule has 1 N–H and O–H groups in total. The highest BCUT2D eigenvalue weighted by Gasteiger charge is 2.15. The summed E-state index contributed by atoms with van der Waals surface area (Å²) >= 11 is 0. The van der Waals surface area contributed by atoms with E-state index in [1.165, 1.54) is 0 Å². The highest BCUT2D eigenvalue weighted by molar-refractivity contribution is 5.94. The second-order valence-corrected chi connectivity index (χ2v) is 6.08. The normalized spacial score (nSPS) is 10.3. The van der Waals surface area contributed by atoms with Gasteiger partial charge < -0.3 is 24.4 Å². The van der Waals surface area contributed by atoms with Gasteiger partial charge in [-0.3, -0.25) is 9.78 Å². The van der Waals surface area contributed by atoms with Gasteiger partial charge in [0.25, 0.3) is 5.91 Å². The number of amides is 1. The maximum atomic E-state index is 12.5. The summed E-state index contributed by atoms with van der Waals surface area (Å²) in [5, 5.41) is 3.23. The summed E-state index contributed by atoms with van der Waals surface area (Å²) in [5.74, 6) is 1.55. The number of carbonyl (C=O) groups is 1. The van der Waals surface area contributed by atoms with Gasteiger partial charge in [0.1, 0.15) is 0 Å². The van der Waals surface area contributed by atoms with Crippen LogP contribution in [0, 0.1) is 0 Å². The SMILES string of the molecule is CCCCN(C)C(=O)c1cncc(Nc2cc(OC)c(OC)c(OC)c2)c1. The van der Waals surface area contributed by atoms with E-state index in [2.05, 4.69) is 17.2 Å². The fourth-order valence-electron chi connectivity index (χ4n) is 2.66. The molecule has 0 spiro atoms. The molecule has 2 rings (SSSR count). The van der Waals surface area contributed by atoms with E-state index >= 15 is 0 Å². The highest BCUT2D eigenvalue weighted by atomic mass is 16.5. The van der Waals surface area contributed by atoms with Crippen molar-refractivity contribution < 1.29 is 19.0 Å². The van der Waals surface area contributed by atoms with Gasteiger partial charge in [-0.2, -0.15) is 0 Å². The minimum atomic E-state index is -0.0514. The predicted molar refractivity (Wildman–Crippen MR) is 105 cm³/mol. The molecule has 1 aromatic heterocycles. The van der Waals surface area contributed by atoms with Crippen LogP contribution in [0.3, 0.4) is 0 Å². The van der Waals surface area contributed by atoms with Gasteiger partial charge in [-0.05, 0) is 12.5 Å². The van der Waals surface area contributed by atoms with Crippen LogP contribution in [-0.2, 0) is 0 Å². The molecule has 0 fully saturated rings. The largest absolute Gasteiger partial charge is 0.493 e. The zero-order chi connectivity index (χ0) is 19.8. The first-order valence-corrected chi connectivity index (χ1v) is 8.81. The standard InChI is InChI=1S/C20H27N3O4/c1-6-7-8-23(2)20(24)14-9-16(13-21-12-14)22-15-10-17(25-3)19(27-5)18(11-15)26-4/h9-13,22H,6-8H2,1-5H3. The molecule has 2 aromatic rings. The Bertz CT molecular complexity index is 755. The number of hydrogen-bond acceptors (Lipinski definition) is 6. The van der Waals surface area contributed by atoms with Gasteiger partial charge in [0.05, 0.1) is 38.8 Å². The van der Waals surface area contributed by atoms with Gasteiger partial charge in [0.15, 0.2) is 11.5 Å². The summed E-state index contributed by atoms with van der Waals surface area (Å²) in [6, 6.07) is 5.37. The van der Waals surface area contributed by atoms with Crippen LogP contribution in [0.1, 0.15) is 30.1 Å². The molecule has 0 bridgehead atoms. The Morgan fingerprint density at radius 3 is 2.26 bits per heavy atom. The number of aromatic nitrogens is 1. The molecule has 1 amide bonds. The van der Waals surface area contributed by atoms with Gasteiger partial charge in [0.2, 0.25) is 5.75 Å². The number of anilines is 2. The van der Waals surface area contributed by atoms with E-state index in [1.807, 2.05) is 0 Å². The topological polar surface area (TPSA) is 72.9 Å². The maximum absolute atomic E-state index is 12.5. The lowest BCUT2D eigenvalue weighted by atomic mass is 10.2. The molecule has 0 unspecified atom stereocenters. The number of benzene rings is 1. The number of carbonyl (C=O) groups excluding carboxylic acids is 1. The summed E-state index contributed by atoms with van der Waals surface area (Å²) in [7, 11) is 6.49. The van der Waals surface area contributed by atoms with Crippen LogP contribution in [0.5, 0.6) is 17.2 Å². The van der Waals surface area contributed by atoms with Crippen LogP contribution in [-0.4, -0.2) is 50.7 Å². The van der Waals surface area contributed by atoms with E-state index in [0.717, 1.165) is 25.1 Å². The van der Waals surface area contributed by atoms with E-state index in [4.69, 9.17) is 14.2 Å². The van der Waals surface area contributed by atoms with Crippen LogP contribution in [0.25, 0.3) is 0 Å². The Hall–Kier alpha value is -2.96. The van der Waals surface area contributed by atoms with E-state index in [0.29, 0.717) is 28.5 Å². The monoisotopic (exact) mass is 373 g/mol. The fraction of sp³-hybridized carbons (Fsp3) is 0.400. The smallest absolute Gasteiger partial charge is 0.255 e. The number of pyridine rings is 1. The molecule has 0 aliphatic carbocycles. The van der Waals surface area contributed by atoms with E-state index < -0.39 is 0 Å². The summed E-state index contributed by atoms with van der Waals surface area (Å²) < 4.78 is 16.1. The highest BCUT2D eigenvalue weighted by Crippen LogP contribution is 2.40. The molecule has 7 nitrogen and oxygen atoms in total. The van der Waals surface area contributed by atoms with Crippen LogP contribution >= 0.6 is 0 Å². The Balaban J connectivity index is 2.24. The molecular weight excluding hydrogens is 346 g/mol. The third-order valence-electron chi connectivity index (χ3n) is 4.13. The quantitative estimate of drug-likeness (QED) is 0.722. The fourth-order valence-corrected chi connectivity index (χ4v) is 2.66. The summed E-state index contributed by atoms with van der Waals surface area (Å²) in [4.78, 5) is 18.4. The molecule has 0 radical (unpaired) electrons. The Kier molecular flexibility index (Phi) is 7.28. The number of nitrogens with one attached hydrogen (secondary N) is 1. The first-order chi connectivity index (χ1) is 13.0. The average molecular weight is 373 g/mol. The predicted octanol–water partition coefficient (Wildman–Crippen LogP) is 3.72. The summed E-state index contributed by atoms with van der Waals surface area (Å²) in [5.41, 5.74) is 1.96. The maximum Gasteiger partial charge on any atom is 0.255 e. The van der Waals surface area contributed by atoms with E-state index in [-0.39, 0.29) is 5.91 Å². The molecule has 0 aliphatic rings. The van der Waals surface area contributed by atoms with Crippen molar-refractivity contribution in [2.24, 2.45) is 0 Å². The Morgan fingerprint density at radius 2 is 1.70 bits per heavy atom. The number of unbranched alkanes of at least 4 members (excludes halogenated alkanes) is 1. The first kappa shape index (κ1) is 20.4. The lowest BCUT2D eigenvalue weighted by Crippen LogP contribution is -2.27.